The van der Waals surface area contributed by atoms with E-state index in [1.165, 1.54) is 10.4 Å². The minimum atomic E-state index is -0.859. The molecule has 0 unspecified atom stereocenters. The minimum absolute atomic E-state index is 0.109. The number of esters is 2. The number of ether oxygens (including phenoxy) is 2. The molecule has 30 heavy (non-hydrogen) atoms. The zero-order valence-corrected chi connectivity index (χ0v) is 20.7. The van der Waals surface area contributed by atoms with Gasteiger partial charge in [0, 0.05) is 0 Å². The molecular formula is C24H32O4Si2. The maximum Gasteiger partial charge on any atom is 0.338 e. The Morgan fingerprint density at radius 1 is 0.633 bits per heavy atom. The largest absolute Gasteiger partial charge is 0.459 e. The van der Waals surface area contributed by atoms with E-state index < -0.39 is 17.6 Å². The van der Waals surface area contributed by atoms with E-state index in [4.69, 9.17) is 9.47 Å². The quantitative estimate of drug-likeness (QED) is 0.510. The molecule has 0 amide bonds. The van der Waals surface area contributed by atoms with Crippen molar-refractivity contribution in [3.63, 3.8) is 0 Å². The van der Waals surface area contributed by atoms with E-state index in [-0.39, 0.29) is 24.1 Å². The average molecular weight is 441 g/mol. The van der Waals surface area contributed by atoms with Crippen LogP contribution in [0.4, 0.5) is 0 Å². The van der Waals surface area contributed by atoms with Gasteiger partial charge in [0.2, 0.25) is 0 Å². The predicted octanol–water partition coefficient (Wildman–Crippen LogP) is 3.40. The molecule has 160 valence electrons. The third-order valence-electron chi connectivity index (χ3n) is 5.79. The number of rotatable bonds is 6. The summed E-state index contributed by atoms with van der Waals surface area (Å²) in [5, 5.41) is 2.68. The minimum Gasteiger partial charge on any atom is -0.459 e. The molecule has 0 N–H and O–H groups in total. The first-order valence-electron chi connectivity index (χ1n) is 11.0. The summed E-state index contributed by atoms with van der Waals surface area (Å²) in [6.07, 6.45) is 2.66. The van der Waals surface area contributed by atoms with Gasteiger partial charge in [-0.3, -0.25) is 0 Å². The molecular weight excluding hydrogens is 408 g/mol. The molecule has 0 aliphatic heterocycles. The van der Waals surface area contributed by atoms with Crippen LogP contribution in [-0.4, -0.2) is 41.7 Å². The van der Waals surface area contributed by atoms with Crippen LogP contribution in [0.15, 0.2) is 48.5 Å². The fraction of sp³-hybridized carbons (Fsp3) is 0.417. The molecule has 0 radical (unpaired) electrons. The molecule has 2 aromatic rings. The first-order chi connectivity index (χ1) is 14.3. The van der Waals surface area contributed by atoms with Crippen LogP contribution >= 0.6 is 0 Å². The smallest absolute Gasteiger partial charge is 0.338 e. The first-order valence-corrected chi connectivity index (χ1v) is 16.7. The van der Waals surface area contributed by atoms with E-state index in [0.29, 0.717) is 11.1 Å². The molecule has 0 bridgehead atoms. The molecule has 3 rings (SSSR count). The normalized spacial score (nSPS) is 19.0. The van der Waals surface area contributed by atoms with Gasteiger partial charge in [-0.05, 0) is 49.9 Å². The second-order valence-electron chi connectivity index (χ2n) is 8.76. The summed E-state index contributed by atoms with van der Waals surface area (Å²) in [5.74, 6) is -0.526. The molecule has 0 aromatic heterocycles. The van der Waals surface area contributed by atoms with Crippen molar-refractivity contribution in [3.8, 4) is 0 Å². The number of hydrogen-bond donors (Lipinski definition) is 0. The highest BCUT2D eigenvalue weighted by atomic mass is 28.3. The zero-order chi connectivity index (χ0) is 21.7. The van der Waals surface area contributed by atoms with Gasteiger partial charge in [-0.2, -0.15) is 0 Å². The Kier molecular flexibility index (Phi) is 7.66. The standard InChI is InChI=1S/C24H32O4Si2/c1-29(2)21-13-5-17(6-14-21)23(25)27-19-9-11-20(12-10-19)28-24(26)18-7-15-22(16-8-18)30(3)4/h5-8,13-16,19-20,29-30H,9-12H2,1-4H3. The fourth-order valence-corrected chi connectivity index (χ4v) is 5.64. The van der Waals surface area contributed by atoms with E-state index in [0.717, 1.165) is 25.7 Å². The molecule has 0 heterocycles. The van der Waals surface area contributed by atoms with Crippen LogP contribution in [0.1, 0.15) is 46.4 Å². The van der Waals surface area contributed by atoms with Crippen molar-refractivity contribution in [2.45, 2.75) is 64.1 Å². The molecule has 4 nitrogen and oxygen atoms in total. The van der Waals surface area contributed by atoms with Gasteiger partial charge in [0.05, 0.1) is 28.7 Å². The topological polar surface area (TPSA) is 52.6 Å². The number of hydrogen-bond acceptors (Lipinski definition) is 4. The summed E-state index contributed by atoms with van der Waals surface area (Å²) < 4.78 is 11.4. The molecule has 0 saturated heterocycles. The van der Waals surface area contributed by atoms with E-state index in [2.05, 4.69) is 26.2 Å². The second kappa shape index (κ2) is 10.2. The van der Waals surface area contributed by atoms with Crippen molar-refractivity contribution < 1.29 is 19.1 Å². The van der Waals surface area contributed by atoms with Crippen molar-refractivity contribution in [2.75, 3.05) is 0 Å². The monoisotopic (exact) mass is 440 g/mol. The summed E-state index contributed by atoms with van der Waals surface area (Å²) in [7, 11) is -1.72. The maximum atomic E-state index is 12.4. The summed E-state index contributed by atoms with van der Waals surface area (Å²) in [4.78, 5) is 24.8. The highest BCUT2D eigenvalue weighted by Crippen LogP contribution is 2.25. The van der Waals surface area contributed by atoms with Crippen molar-refractivity contribution in [1.82, 2.24) is 0 Å². The van der Waals surface area contributed by atoms with Crippen LogP contribution in [0.2, 0.25) is 26.2 Å². The van der Waals surface area contributed by atoms with E-state index in [9.17, 15) is 9.59 Å². The van der Waals surface area contributed by atoms with Crippen molar-refractivity contribution in [1.29, 1.82) is 0 Å². The van der Waals surface area contributed by atoms with Gasteiger partial charge in [-0.1, -0.05) is 60.8 Å². The van der Waals surface area contributed by atoms with Crippen LogP contribution in [-0.2, 0) is 9.47 Å². The van der Waals surface area contributed by atoms with Crippen molar-refractivity contribution >= 4 is 39.9 Å². The summed E-state index contributed by atoms with van der Waals surface area (Å²) in [6.45, 7) is 9.06. The van der Waals surface area contributed by atoms with E-state index in [1.807, 2.05) is 48.5 Å². The zero-order valence-electron chi connectivity index (χ0n) is 18.4. The molecule has 1 aliphatic carbocycles. The highest BCUT2D eigenvalue weighted by molar-refractivity contribution is 6.71. The SMILES string of the molecule is C[SiH](C)c1ccc(C(=O)OC2CCC(OC(=O)c3ccc([SiH](C)C)cc3)CC2)cc1. The third-order valence-corrected chi connectivity index (χ3v) is 9.23. The lowest BCUT2D eigenvalue weighted by atomic mass is 9.95. The van der Waals surface area contributed by atoms with E-state index >= 15 is 0 Å². The molecule has 1 fully saturated rings. The Morgan fingerprint density at radius 3 is 1.20 bits per heavy atom. The Labute approximate surface area is 182 Å². The lowest BCUT2D eigenvalue weighted by Crippen LogP contribution is -2.30. The molecule has 0 spiro atoms. The highest BCUT2D eigenvalue weighted by Gasteiger charge is 2.27. The predicted molar refractivity (Wildman–Crippen MR) is 127 cm³/mol. The first kappa shape index (κ1) is 22.5. The maximum absolute atomic E-state index is 12.4. The number of carbonyl (C=O) groups excluding carboxylic acids is 2. The Bertz CT molecular complexity index is 778. The van der Waals surface area contributed by atoms with Gasteiger partial charge in [0.15, 0.2) is 0 Å². The molecule has 2 aromatic carbocycles. The van der Waals surface area contributed by atoms with Crippen molar-refractivity contribution in [2.24, 2.45) is 0 Å². The Balaban J connectivity index is 1.46. The Morgan fingerprint density at radius 2 is 0.933 bits per heavy atom. The van der Waals surface area contributed by atoms with Crippen LogP contribution in [0.25, 0.3) is 0 Å². The van der Waals surface area contributed by atoms with Crippen LogP contribution < -0.4 is 10.4 Å². The van der Waals surface area contributed by atoms with Crippen LogP contribution in [0.5, 0.6) is 0 Å². The lowest BCUT2D eigenvalue weighted by molar-refractivity contribution is -0.0108. The van der Waals surface area contributed by atoms with Gasteiger partial charge >= 0.3 is 11.9 Å². The Hall–Kier alpha value is -2.19. The van der Waals surface area contributed by atoms with Gasteiger partial charge in [-0.15, -0.1) is 0 Å². The fourth-order valence-electron chi connectivity index (χ4n) is 3.71. The second-order valence-corrected chi connectivity index (χ2v) is 14.7. The number of carbonyl (C=O) groups is 2. The van der Waals surface area contributed by atoms with Gasteiger partial charge in [0.1, 0.15) is 12.2 Å². The van der Waals surface area contributed by atoms with Gasteiger partial charge < -0.3 is 9.47 Å². The van der Waals surface area contributed by atoms with Gasteiger partial charge in [-0.25, -0.2) is 9.59 Å². The molecule has 1 aliphatic rings. The summed E-state index contributed by atoms with van der Waals surface area (Å²) >= 11 is 0. The number of benzene rings is 2. The van der Waals surface area contributed by atoms with Crippen LogP contribution in [0, 0.1) is 0 Å². The molecule has 1 saturated carbocycles. The summed E-state index contributed by atoms with van der Waals surface area (Å²) in [5.41, 5.74) is 1.21. The lowest BCUT2D eigenvalue weighted by Gasteiger charge is -2.28. The average Bonchev–Trinajstić information content (AvgIpc) is 2.75. The van der Waals surface area contributed by atoms with Crippen LogP contribution in [0.3, 0.4) is 0 Å². The third kappa shape index (κ3) is 5.92. The van der Waals surface area contributed by atoms with Gasteiger partial charge in [0.25, 0.3) is 0 Å². The molecule has 6 heteroatoms. The molecule has 0 atom stereocenters. The van der Waals surface area contributed by atoms with E-state index in [1.54, 1.807) is 0 Å². The summed E-state index contributed by atoms with van der Waals surface area (Å²) in [6, 6.07) is 15.6. The van der Waals surface area contributed by atoms with Crippen molar-refractivity contribution in [3.05, 3.63) is 59.7 Å².